The predicted molar refractivity (Wildman–Crippen MR) is 282 cm³/mol. The van der Waals surface area contributed by atoms with Crippen LogP contribution in [-0.2, 0) is 21.7 Å². The zero-order valence-corrected chi connectivity index (χ0v) is 41.0. The van der Waals surface area contributed by atoms with Crippen LogP contribution in [0.25, 0.3) is 43.7 Å². The Labute approximate surface area is 399 Å². The summed E-state index contributed by atoms with van der Waals surface area (Å²) in [5.74, 6) is 5.53. The van der Waals surface area contributed by atoms with Crippen molar-refractivity contribution in [3.63, 3.8) is 0 Å². The topological polar surface area (TPSA) is 8.17 Å². The highest BCUT2D eigenvalue weighted by atomic mass is 15.2. The van der Waals surface area contributed by atoms with Crippen molar-refractivity contribution in [2.75, 3.05) is 4.90 Å². The molecule has 0 saturated heterocycles. The summed E-state index contributed by atoms with van der Waals surface area (Å²) in [6, 6.07) is 38.4. The molecule has 1 aromatic heterocycles. The lowest BCUT2D eigenvalue weighted by Gasteiger charge is -2.57. The van der Waals surface area contributed by atoms with Gasteiger partial charge in [-0.3, -0.25) is 0 Å². The summed E-state index contributed by atoms with van der Waals surface area (Å²) in [7, 11) is 0. The molecule has 336 valence electrons. The molecule has 0 N–H and O–H groups in total. The fourth-order valence-electron chi connectivity index (χ4n) is 19.2. The first kappa shape index (κ1) is 39.1. The summed E-state index contributed by atoms with van der Waals surface area (Å²) in [4.78, 5) is 2.77. The minimum Gasteiger partial charge on any atom is -0.375 e. The Morgan fingerprint density at radius 1 is 0.522 bits per heavy atom. The van der Waals surface area contributed by atoms with E-state index >= 15 is 0 Å². The fraction of sp³-hybridized carbons (Fsp3) is 0.469. The molecule has 3 heterocycles. The van der Waals surface area contributed by atoms with Gasteiger partial charge in [0.05, 0.1) is 5.69 Å². The maximum Gasteiger partial charge on any atom is 0.333 e. The van der Waals surface area contributed by atoms with Gasteiger partial charge in [0.2, 0.25) is 0 Å². The molecule has 0 spiro atoms. The van der Waals surface area contributed by atoms with Gasteiger partial charge in [-0.2, -0.15) is 0 Å². The van der Waals surface area contributed by atoms with Crippen molar-refractivity contribution in [2.24, 2.45) is 35.5 Å². The van der Waals surface area contributed by atoms with Gasteiger partial charge in [0.25, 0.3) is 0 Å². The van der Waals surface area contributed by atoms with Crippen molar-refractivity contribution in [1.82, 2.24) is 4.48 Å². The van der Waals surface area contributed by atoms with Gasteiger partial charge >= 0.3 is 6.85 Å². The molecule has 6 aromatic carbocycles. The normalized spacial score (nSPS) is 31.8. The van der Waals surface area contributed by atoms with E-state index in [0.29, 0.717) is 10.8 Å². The molecular formula is C64H67BN2. The van der Waals surface area contributed by atoms with Crippen LogP contribution in [0.1, 0.15) is 151 Å². The molecule has 0 radical (unpaired) electrons. The van der Waals surface area contributed by atoms with Gasteiger partial charge in [-0.1, -0.05) is 82.3 Å². The average molecular weight is 875 g/mol. The molecular weight excluding hydrogens is 808 g/mol. The predicted octanol–water partition coefficient (Wildman–Crippen LogP) is 15.3. The van der Waals surface area contributed by atoms with Crippen LogP contribution >= 0.6 is 0 Å². The van der Waals surface area contributed by atoms with Crippen molar-refractivity contribution in [1.29, 1.82) is 0 Å². The van der Waals surface area contributed by atoms with Crippen molar-refractivity contribution >= 4 is 67.4 Å². The first-order chi connectivity index (χ1) is 32.3. The standard InChI is InChI=1S/C64H67BN2/c1-36-17-49-51-28-46(64-33-41-23-42(34-64)25-43(24-41)35-64)27-50-48-26-45(63-30-38-20-39(31-63)22-40(21-38)32-63)12-14-55(48)67(59(50)51)65-54-13-11-44-9-7-8-10-47(44)60(54)66(57(18-36)58(49)65)56-29-53-52(19-37(56)2)61(3,4)15-16-62(53,5)6/h7-14,17-19,26-29,38-43H,15-16,20-25,30-35H2,1-6H3. The Bertz CT molecular complexity index is 3300. The van der Waals surface area contributed by atoms with Crippen LogP contribution in [0, 0.1) is 49.4 Å². The van der Waals surface area contributed by atoms with Crippen LogP contribution in [-0.4, -0.2) is 11.3 Å². The molecule has 9 aliphatic carbocycles. The first-order valence-corrected chi connectivity index (χ1v) is 27.1. The number of nitrogens with zero attached hydrogens (tertiary/aromatic N) is 2. The zero-order chi connectivity index (χ0) is 44.7. The third kappa shape index (κ3) is 5.10. The molecule has 2 aliphatic heterocycles. The van der Waals surface area contributed by atoms with E-state index in [-0.39, 0.29) is 17.7 Å². The number of hydrogen-bond acceptors (Lipinski definition) is 1. The largest absolute Gasteiger partial charge is 0.375 e. The van der Waals surface area contributed by atoms with Crippen molar-refractivity contribution in [2.45, 2.75) is 153 Å². The second-order valence-corrected chi connectivity index (χ2v) is 26.6. The van der Waals surface area contributed by atoms with Crippen LogP contribution in [0.3, 0.4) is 0 Å². The summed E-state index contributed by atoms with van der Waals surface area (Å²) < 4.78 is 2.89. The van der Waals surface area contributed by atoms with E-state index in [9.17, 15) is 0 Å². The number of hydrogen-bond donors (Lipinski definition) is 0. The molecule has 8 fully saturated rings. The first-order valence-electron chi connectivity index (χ1n) is 27.1. The second kappa shape index (κ2) is 12.7. The minimum absolute atomic E-state index is 0.0677. The molecule has 7 aromatic rings. The number of aryl methyl sites for hydroxylation is 2. The van der Waals surface area contributed by atoms with E-state index in [0.717, 1.165) is 35.5 Å². The maximum absolute atomic E-state index is 2.89. The van der Waals surface area contributed by atoms with Crippen LogP contribution in [0.4, 0.5) is 17.1 Å². The van der Waals surface area contributed by atoms with Crippen LogP contribution in [0.5, 0.6) is 0 Å². The number of aromatic nitrogens is 1. The molecule has 8 bridgehead atoms. The summed E-state index contributed by atoms with van der Waals surface area (Å²) in [5, 5.41) is 5.74. The number of anilines is 3. The summed E-state index contributed by atoms with van der Waals surface area (Å²) in [6.07, 6.45) is 19.8. The molecule has 0 atom stereocenters. The smallest absolute Gasteiger partial charge is 0.333 e. The van der Waals surface area contributed by atoms with Gasteiger partial charge in [-0.05, 0) is 253 Å². The van der Waals surface area contributed by atoms with Gasteiger partial charge in [0, 0.05) is 44.1 Å². The second-order valence-electron chi connectivity index (χ2n) is 26.6. The summed E-state index contributed by atoms with van der Waals surface area (Å²) in [5.41, 5.74) is 23.1. The summed E-state index contributed by atoms with van der Waals surface area (Å²) >= 11 is 0. The highest BCUT2D eigenvalue weighted by Crippen LogP contribution is 2.64. The van der Waals surface area contributed by atoms with Crippen molar-refractivity contribution < 1.29 is 0 Å². The van der Waals surface area contributed by atoms with Gasteiger partial charge < -0.3 is 9.38 Å². The molecule has 67 heavy (non-hydrogen) atoms. The van der Waals surface area contributed by atoms with Gasteiger partial charge in [-0.25, -0.2) is 0 Å². The third-order valence-corrected chi connectivity index (χ3v) is 21.4. The lowest BCUT2D eigenvalue weighted by molar-refractivity contribution is -0.00527. The van der Waals surface area contributed by atoms with Crippen LogP contribution in [0.15, 0.2) is 91.0 Å². The average Bonchev–Trinajstić information content (AvgIpc) is 3.62. The van der Waals surface area contributed by atoms with Gasteiger partial charge in [0.15, 0.2) is 0 Å². The monoisotopic (exact) mass is 875 g/mol. The number of fused-ring (bicyclic) bond motifs is 10. The fourth-order valence-corrected chi connectivity index (χ4v) is 19.2. The molecule has 2 nitrogen and oxygen atoms in total. The van der Waals surface area contributed by atoms with Gasteiger partial charge in [-0.15, -0.1) is 0 Å². The molecule has 11 aliphatic rings. The highest BCUT2D eigenvalue weighted by Gasteiger charge is 2.54. The Kier molecular flexibility index (Phi) is 7.42. The van der Waals surface area contributed by atoms with E-state index < -0.39 is 0 Å². The molecule has 8 saturated carbocycles. The third-order valence-electron chi connectivity index (χ3n) is 21.4. The Morgan fingerprint density at radius 2 is 1.12 bits per heavy atom. The highest BCUT2D eigenvalue weighted by molar-refractivity contribution is 6.90. The SMILES string of the molecule is Cc1cc2c3c(c1)N(c1cc4c(cc1C)C(C)(C)CCC4(C)C)c1c(ccc4ccccc14)B3n1c3ccc(C45CC6CC(CC(C6)C4)C5)cc3c3cc(C45CC6CC(CC(C6)C4)C5)cc-2c31. The lowest BCUT2D eigenvalue weighted by Crippen LogP contribution is -2.57. The molecule has 0 amide bonds. The minimum atomic E-state index is 0.0677. The Hall–Kier alpha value is -4.76. The quantitative estimate of drug-likeness (QED) is 0.161. The van der Waals surface area contributed by atoms with Gasteiger partial charge in [0.1, 0.15) is 0 Å². The molecule has 18 rings (SSSR count). The van der Waals surface area contributed by atoms with Crippen LogP contribution < -0.4 is 15.8 Å². The number of rotatable bonds is 3. The Balaban J connectivity index is 1.00. The Morgan fingerprint density at radius 3 is 1.78 bits per heavy atom. The van der Waals surface area contributed by atoms with Crippen LogP contribution in [0.2, 0.25) is 0 Å². The number of benzene rings is 6. The van der Waals surface area contributed by atoms with E-state index in [2.05, 4.69) is 142 Å². The van der Waals surface area contributed by atoms with E-state index in [4.69, 9.17) is 0 Å². The molecule has 3 heteroatoms. The van der Waals surface area contributed by atoms with E-state index in [1.165, 1.54) is 173 Å². The summed E-state index contributed by atoms with van der Waals surface area (Å²) in [6.45, 7) is 14.8. The van der Waals surface area contributed by atoms with E-state index in [1.54, 1.807) is 22.1 Å². The lowest BCUT2D eigenvalue weighted by atomic mass is 9.44. The van der Waals surface area contributed by atoms with E-state index in [1.807, 2.05) is 0 Å². The molecule has 0 unspecified atom stereocenters. The van der Waals surface area contributed by atoms with Crippen molar-refractivity contribution in [3.8, 4) is 11.1 Å². The zero-order valence-electron chi connectivity index (χ0n) is 41.0. The van der Waals surface area contributed by atoms with Crippen molar-refractivity contribution in [3.05, 3.63) is 124 Å². The maximum atomic E-state index is 2.89.